The zero-order chi connectivity index (χ0) is 11.2. The van der Waals surface area contributed by atoms with Gasteiger partial charge in [-0.3, -0.25) is 4.90 Å². The lowest BCUT2D eigenvalue weighted by molar-refractivity contribution is 0.257. The van der Waals surface area contributed by atoms with Gasteiger partial charge >= 0.3 is 0 Å². The molecule has 0 aromatic heterocycles. The molecule has 0 unspecified atom stereocenters. The molecule has 1 aliphatic heterocycles. The molecule has 0 saturated carbocycles. The highest BCUT2D eigenvalue weighted by molar-refractivity contribution is 5.16. The van der Waals surface area contributed by atoms with Crippen LogP contribution in [0.1, 0.15) is 18.4 Å². The maximum absolute atomic E-state index is 5.56. The highest BCUT2D eigenvalue weighted by Crippen LogP contribution is 2.17. The van der Waals surface area contributed by atoms with E-state index in [1.54, 1.807) is 0 Å². The highest BCUT2D eigenvalue weighted by Gasteiger charge is 2.13. The van der Waals surface area contributed by atoms with Crippen LogP contribution in [-0.4, -0.2) is 24.5 Å². The normalized spacial score (nSPS) is 20.2. The monoisotopic (exact) mass is 216 g/mol. The Balaban J connectivity index is 1.93. The van der Waals surface area contributed by atoms with Crippen molar-refractivity contribution in [2.45, 2.75) is 19.4 Å². The maximum atomic E-state index is 5.56. The summed E-state index contributed by atoms with van der Waals surface area (Å²) < 4.78 is 0. The second kappa shape index (κ2) is 5.83. The van der Waals surface area contributed by atoms with E-state index in [1.807, 2.05) is 0 Å². The smallest absolute Gasteiger partial charge is 0.0237 e. The van der Waals surface area contributed by atoms with Crippen LogP contribution in [0.2, 0.25) is 0 Å². The molecule has 2 nitrogen and oxygen atoms in total. The lowest BCUT2D eigenvalue weighted by Crippen LogP contribution is -2.31. The van der Waals surface area contributed by atoms with Crippen LogP contribution in [0, 0.1) is 0 Å². The van der Waals surface area contributed by atoms with Crippen LogP contribution in [-0.2, 0) is 6.54 Å². The van der Waals surface area contributed by atoms with Crippen molar-refractivity contribution in [3.63, 3.8) is 0 Å². The van der Waals surface area contributed by atoms with Crippen LogP contribution in [0.15, 0.2) is 42.0 Å². The SMILES string of the molecule is NCC=C1CCCN(Cc2ccccc2)C1. The summed E-state index contributed by atoms with van der Waals surface area (Å²) in [6, 6.07) is 10.7. The van der Waals surface area contributed by atoms with Gasteiger partial charge in [-0.25, -0.2) is 0 Å². The number of nitrogens with two attached hydrogens (primary N) is 1. The first-order valence-electron chi connectivity index (χ1n) is 6.03. The average molecular weight is 216 g/mol. The average Bonchev–Trinajstić information content (AvgIpc) is 2.31. The molecular weight excluding hydrogens is 196 g/mol. The minimum Gasteiger partial charge on any atom is -0.327 e. The Hall–Kier alpha value is -1.12. The fourth-order valence-electron chi connectivity index (χ4n) is 2.28. The van der Waals surface area contributed by atoms with Gasteiger partial charge in [-0.05, 0) is 24.9 Å². The van der Waals surface area contributed by atoms with Crippen LogP contribution in [0.4, 0.5) is 0 Å². The summed E-state index contributed by atoms with van der Waals surface area (Å²) in [4.78, 5) is 2.50. The molecule has 1 saturated heterocycles. The molecule has 1 aromatic rings. The van der Waals surface area contributed by atoms with E-state index < -0.39 is 0 Å². The molecule has 1 fully saturated rings. The van der Waals surface area contributed by atoms with Gasteiger partial charge in [0.2, 0.25) is 0 Å². The minimum absolute atomic E-state index is 0.675. The van der Waals surface area contributed by atoms with Crippen molar-refractivity contribution in [2.24, 2.45) is 5.73 Å². The zero-order valence-corrected chi connectivity index (χ0v) is 9.73. The van der Waals surface area contributed by atoms with Gasteiger partial charge in [0.25, 0.3) is 0 Å². The molecule has 0 bridgehead atoms. The van der Waals surface area contributed by atoms with Crippen molar-refractivity contribution in [1.82, 2.24) is 4.90 Å². The lowest BCUT2D eigenvalue weighted by atomic mass is 10.0. The molecular formula is C14H20N2. The Labute approximate surface area is 97.8 Å². The number of nitrogens with zero attached hydrogens (tertiary/aromatic N) is 1. The van der Waals surface area contributed by atoms with Gasteiger partial charge in [0.1, 0.15) is 0 Å². The summed E-state index contributed by atoms with van der Waals surface area (Å²) >= 11 is 0. The molecule has 16 heavy (non-hydrogen) atoms. The molecule has 0 spiro atoms. The number of hydrogen-bond donors (Lipinski definition) is 1. The van der Waals surface area contributed by atoms with E-state index in [0.29, 0.717) is 6.54 Å². The van der Waals surface area contributed by atoms with Crippen molar-refractivity contribution in [1.29, 1.82) is 0 Å². The van der Waals surface area contributed by atoms with Gasteiger partial charge in [-0.15, -0.1) is 0 Å². The topological polar surface area (TPSA) is 29.3 Å². The minimum atomic E-state index is 0.675. The van der Waals surface area contributed by atoms with Crippen molar-refractivity contribution in [3.8, 4) is 0 Å². The van der Waals surface area contributed by atoms with Crippen LogP contribution in [0.3, 0.4) is 0 Å². The summed E-state index contributed by atoms with van der Waals surface area (Å²) in [6.45, 7) is 4.03. The molecule has 2 heteroatoms. The van der Waals surface area contributed by atoms with Gasteiger partial charge < -0.3 is 5.73 Å². The van der Waals surface area contributed by atoms with Crippen LogP contribution in [0.5, 0.6) is 0 Å². The maximum Gasteiger partial charge on any atom is 0.0237 e. The fraction of sp³-hybridized carbons (Fsp3) is 0.429. The predicted octanol–water partition coefficient (Wildman–Crippen LogP) is 2.17. The summed E-state index contributed by atoms with van der Waals surface area (Å²) in [6.07, 6.45) is 4.66. The third-order valence-corrected chi connectivity index (χ3v) is 3.05. The number of benzene rings is 1. The first-order chi connectivity index (χ1) is 7.88. The summed E-state index contributed by atoms with van der Waals surface area (Å²) in [7, 11) is 0. The van der Waals surface area contributed by atoms with E-state index in [9.17, 15) is 0 Å². The van der Waals surface area contributed by atoms with Crippen molar-refractivity contribution in [2.75, 3.05) is 19.6 Å². The zero-order valence-electron chi connectivity index (χ0n) is 9.73. The standard InChI is InChI=1S/C14H20N2/c15-9-8-14-7-4-10-16(12-14)11-13-5-2-1-3-6-13/h1-3,5-6,8H,4,7,9-12,15H2. The molecule has 0 amide bonds. The Morgan fingerprint density at radius 2 is 2.06 bits per heavy atom. The first kappa shape index (κ1) is 11.4. The van der Waals surface area contributed by atoms with Gasteiger partial charge in [0.15, 0.2) is 0 Å². The number of hydrogen-bond acceptors (Lipinski definition) is 2. The molecule has 1 aromatic carbocycles. The third-order valence-electron chi connectivity index (χ3n) is 3.05. The molecule has 1 heterocycles. The van der Waals surface area contributed by atoms with Crippen molar-refractivity contribution < 1.29 is 0 Å². The van der Waals surface area contributed by atoms with E-state index >= 15 is 0 Å². The number of rotatable bonds is 3. The van der Waals surface area contributed by atoms with E-state index in [-0.39, 0.29) is 0 Å². The van der Waals surface area contributed by atoms with Crippen molar-refractivity contribution in [3.05, 3.63) is 47.5 Å². The van der Waals surface area contributed by atoms with E-state index in [4.69, 9.17) is 5.73 Å². The number of likely N-dealkylation sites (tertiary alicyclic amines) is 1. The van der Waals surface area contributed by atoms with Crippen LogP contribution >= 0.6 is 0 Å². The predicted molar refractivity (Wildman–Crippen MR) is 68.1 cm³/mol. The summed E-state index contributed by atoms with van der Waals surface area (Å²) in [5.74, 6) is 0. The van der Waals surface area contributed by atoms with Gasteiger partial charge in [-0.1, -0.05) is 42.0 Å². The summed E-state index contributed by atoms with van der Waals surface area (Å²) in [5, 5.41) is 0. The van der Waals surface area contributed by atoms with E-state index in [0.717, 1.165) is 13.1 Å². The highest BCUT2D eigenvalue weighted by atomic mass is 15.1. The van der Waals surface area contributed by atoms with Gasteiger partial charge in [-0.2, -0.15) is 0 Å². The Morgan fingerprint density at radius 1 is 1.25 bits per heavy atom. The first-order valence-corrected chi connectivity index (χ1v) is 6.03. The molecule has 0 atom stereocenters. The van der Waals surface area contributed by atoms with Crippen LogP contribution in [0.25, 0.3) is 0 Å². The summed E-state index contributed by atoms with van der Waals surface area (Å²) in [5.41, 5.74) is 8.47. The van der Waals surface area contributed by atoms with Gasteiger partial charge in [0.05, 0.1) is 0 Å². The second-order valence-electron chi connectivity index (χ2n) is 4.40. The fourth-order valence-corrected chi connectivity index (χ4v) is 2.28. The molecule has 86 valence electrons. The Kier molecular flexibility index (Phi) is 4.14. The second-order valence-corrected chi connectivity index (χ2v) is 4.40. The lowest BCUT2D eigenvalue weighted by Gasteiger charge is -2.28. The Morgan fingerprint density at radius 3 is 2.81 bits per heavy atom. The van der Waals surface area contributed by atoms with Gasteiger partial charge in [0, 0.05) is 19.6 Å². The Bertz CT molecular complexity index is 343. The van der Waals surface area contributed by atoms with Crippen LogP contribution < -0.4 is 5.73 Å². The molecule has 2 N–H and O–H groups in total. The third kappa shape index (κ3) is 3.19. The number of piperidine rings is 1. The molecule has 2 rings (SSSR count). The quantitative estimate of drug-likeness (QED) is 0.785. The van der Waals surface area contributed by atoms with E-state index in [1.165, 1.54) is 30.5 Å². The molecule has 1 aliphatic rings. The molecule has 0 aliphatic carbocycles. The van der Waals surface area contributed by atoms with Crippen molar-refractivity contribution >= 4 is 0 Å². The largest absolute Gasteiger partial charge is 0.327 e. The van der Waals surface area contributed by atoms with E-state index in [2.05, 4.69) is 41.3 Å². The molecule has 0 radical (unpaired) electrons.